The monoisotopic (exact) mass is 553 g/mol. The topological polar surface area (TPSA) is 81.2 Å². The number of fused-ring (bicyclic) bond motifs is 1. The van der Waals surface area contributed by atoms with Crippen LogP contribution in [0.4, 0.5) is 5.69 Å². The molecular weight excluding hydrogens is 510 g/mol. The number of carbonyl (C=O) groups is 3. The molecule has 3 saturated heterocycles. The first-order chi connectivity index (χ1) is 18.7. The molecule has 0 radical (unpaired) electrons. The first kappa shape index (κ1) is 29.4. The fourth-order valence-corrected chi connectivity index (χ4v) is 9.70. The predicted molar refractivity (Wildman–Crippen MR) is 158 cm³/mol. The lowest BCUT2D eigenvalue weighted by Crippen LogP contribution is -2.58. The molecule has 212 valence electrons. The minimum Gasteiger partial charge on any atom is -0.396 e. The molecule has 1 spiro atoms. The molecule has 39 heavy (non-hydrogen) atoms. The summed E-state index contributed by atoms with van der Waals surface area (Å²) < 4.78 is -0.698. The van der Waals surface area contributed by atoms with Crippen molar-refractivity contribution in [3.8, 4) is 0 Å². The number of aliphatic hydroxyl groups is 1. The van der Waals surface area contributed by atoms with Crippen molar-refractivity contribution in [3.63, 3.8) is 0 Å². The molecule has 3 amide bonds. The van der Waals surface area contributed by atoms with Crippen molar-refractivity contribution >= 4 is 35.2 Å². The van der Waals surface area contributed by atoms with E-state index in [9.17, 15) is 19.5 Å². The summed E-state index contributed by atoms with van der Waals surface area (Å²) in [5.41, 5.74) is 2.80. The molecule has 3 unspecified atom stereocenters. The summed E-state index contributed by atoms with van der Waals surface area (Å²) in [6, 6.07) is 5.24. The number of hydrogen-bond acceptors (Lipinski definition) is 5. The molecule has 0 aliphatic carbocycles. The van der Waals surface area contributed by atoms with E-state index in [0.29, 0.717) is 26.1 Å². The molecule has 0 saturated carbocycles. The van der Waals surface area contributed by atoms with Gasteiger partial charge >= 0.3 is 0 Å². The number of likely N-dealkylation sites (tertiary alicyclic amines) is 1. The number of carbonyl (C=O) groups excluding carboxylic acids is 3. The van der Waals surface area contributed by atoms with Crippen molar-refractivity contribution in [1.82, 2.24) is 9.80 Å². The first-order valence-corrected chi connectivity index (χ1v) is 15.0. The van der Waals surface area contributed by atoms with Gasteiger partial charge in [-0.25, -0.2) is 0 Å². The number of rotatable bonds is 12. The van der Waals surface area contributed by atoms with Crippen molar-refractivity contribution in [1.29, 1.82) is 0 Å². The van der Waals surface area contributed by atoms with E-state index < -0.39 is 22.6 Å². The van der Waals surface area contributed by atoms with Gasteiger partial charge in [-0.1, -0.05) is 44.2 Å². The van der Waals surface area contributed by atoms with Crippen molar-refractivity contribution in [2.24, 2.45) is 17.8 Å². The average Bonchev–Trinajstić information content (AvgIpc) is 3.49. The van der Waals surface area contributed by atoms with Gasteiger partial charge in [-0.3, -0.25) is 14.4 Å². The first-order valence-electron chi connectivity index (χ1n) is 14.2. The molecular formula is C31H43N3O4S. The van der Waals surface area contributed by atoms with Gasteiger partial charge in [-0.2, -0.15) is 0 Å². The van der Waals surface area contributed by atoms with Gasteiger partial charge in [0.25, 0.3) is 5.91 Å². The Morgan fingerprint density at radius 1 is 1.18 bits per heavy atom. The molecule has 8 heteroatoms. The van der Waals surface area contributed by atoms with Crippen LogP contribution in [0.25, 0.3) is 0 Å². The van der Waals surface area contributed by atoms with Crippen LogP contribution in [0.1, 0.15) is 44.2 Å². The van der Waals surface area contributed by atoms with Crippen LogP contribution in [0.3, 0.4) is 0 Å². The Labute approximate surface area is 237 Å². The summed E-state index contributed by atoms with van der Waals surface area (Å²) in [6.45, 7) is 17.5. The van der Waals surface area contributed by atoms with Gasteiger partial charge in [0.1, 0.15) is 6.04 Å². The van der Waals surface area contributed by atoms with Crippen molar-refractivity contribution in [2.45, 2.75) is 63.0 Å². The fraction of sp³-hybridized carbons (Fsp3) is 0.581. The van der Waals surface area contributed by atoms with E-state index in [-0.39, 0.29) is 42.0 Å². The molecule has 1 N–H and O–H groups in total. The molecule has 1 aromatic carbocycles. The van der Waals surface area contributed by atoms with E-state index in [1.807, 2.05) is 43.9 Å². The normalized spacial score (nSPS) is 28.9. The molecule has 1 aromatic rings. The van der Waals surface area contributed by atoms with Crippen LogP contribution >= 0.6 is 11.8 Å². The Morgan fingerprint density at radius 2 is 1.85 bits per heavy atom. The van der Waals surface area contributed by atoms with E-state index >= 15 is 0 Å². The van der Waals surface area contributed by atoms with Gasteiger partial charge in [0, 0.05) is 43.7 Å². The van der Waals surface area contributed by atoms with Gasteiger partial charge in [0.2, 0.25) is 11.8 Å². The summed E-state index contributed by atoms with van der Waals surface area (Å²) >= 11 is 1.69. The van der Waals surface area contributed by atoms with Gasteiger partial charge in [-0.15, -0.1) is 24.9 Å². The summed E-state index contributed by atoms with van der Waals surface area (Å²) in [6.07, 6.45) is 5.45. The maximum absolute atomic E-state index is 14.7. The largest absolute Gasteiger partial charge is 0.396 e. The van der Waals surface area contributed by atoms with Crippen LogP contribution in [0, 0.1) is 31.6 Å². The SMILES string of the molecule is C=CCN(CCC)C(=O)[C@@H]1[C@H]2C(=O)N(CCCO)C(C(=O)N(CC=C)c3c(C)cccc3C)C23S[C@@H]1CC3C. The van der Waals surface area contributed by atoms with Crippen molar-refractivity contribution in [2.75, 3.05) is 37.7 Å². The minimum atomic E-state index is -0.720. The summed E-state index contributed by atoms with van der Waals surface area (Å²) in [4.78, 5) is 48.3. The van der Waals surface area contributed by atoms with Gasteiger partial charge < -0.3 is 19.8 Å². The summed E-state index contributed by atoms with van der Waals surface area (Å²) in [5.74, 6) is -1.21. The maximum Gasteiger partial charge on any atom is 0.251 e. The highest BCUT2D eigenvalue weighted by molar-refractivity contribution is 8.02. The third-order valence-corrected chi connectivity index (χ3v) is 10.8. The third-order valence-electron chi connectivity index (χ3n) is 8.76. The molecule has 3 heterocycles. The van der Waals surface area contributed by atoms with Crippen molar-refractivity contribution < 1.29 is 19.5 Å². The number of thioether (sulfide) groups is 1. The second kappa shape index (κ2) is 11.9. The molecule has 4 rings (SSSR count). The number of amides is 3. The highest BCUT2D eigenvalue weighted by Gasteiger charge is 2.76. The molecule has 2 bridgehead atoms. The number of anilines is 1. The Morgan fingerprint density at radius 3 is 2.44 bits per heavy atom. The highest BCUT2D eigenvalue weighted by atomic mass is 32.2. The second-order valence-corrected chi connectivity index (χ2v) is 12.8. The standard InChI is InChI=1S/C31H43N3O4S/c1-7-14-32(15-8-2)28(36)24-23-19-22(6)31(39-23)25(24)29(37)34(17-11-18-35)27(31)30(38)33(16-9-3)26-20(4)12-10-13-21(26)5/h7,9-10,12-13,22-25,27,35H,1,3,8,11,14-19H2,2,4-6H3/t22?,23-,24+,25+,27?,31?/m1/s1. The van der Waals surface area contributed by atoms with E-state index in [2.05, 4.69) is 20.1 Å². The summed E-state index contributed by atoms with van der Waals surface area (Å²) in [7, 11) is 0. The Bertz CT molecular complexity index is 1120. The van der Waals surface area contributed by atoms with Gasteiger partial charge in [-0.05, 0) is 50.2 Å². The minimum absolute atomic E-state index is 0.00530. The number of nitrogens with zero attached hydrogens (tertiary/aromatic N) is 3. The lowest BCUT2D eigenvalue weighted by Gasteiger charge is -2.41. The van der Waals surface area contributed by atoms with Crippen molar-refractivity contribution in [3.05, 3.63) is 54.6 Å². The zero-order chi connectivity index (χ0) is 28.5. The molecule has 0 aromatic heterocycles. The zero-order valence-corrected chi connectivity index (χ0v) is 24.6. The molecule has 3 aliphatic heterocycles. The van der Waals surface area contributed by atoms with Crippen LogP contribution < -0.4 is 4.90 Å². The predicted octanol–water partition coefficient (Wildman–Crippen LogP) is 3.97. The number of para-hydroxylation sites is 1. The van der Waals surface area contributed by atoms with E-state index in [4.69, 9.17) is 0 Å². The maximum atomic E-state index is 14.7. The van der Waals surface area contributed by atoms with E-state index in [1.54, 1.807) is 33.7 Å². The zero-order valence-electron chi connectivity index (χ0n) is 23.8. The lowest BCUT2D eigenvalue weighted by atomic mass is 9.65. The second-order valence-electron chi connectivity index (χ2n) is 11.2. The molecule has 3 fully saturated rings. The summed E-state index contributed by atoms with van der Waals surface area (Å²) in [5, 5.41) is 9.67. The Kier molecular flexibility index (Phi) is 8.96. The fourth-order valence-electron chi connectivity index (χ4n) is 7.29. The van der Waals surface area contributed by atoms with Crippen LogP contribution in [0.5, 0.6) is 0 Å². The smallest absolute Gasteiger partial charge is 0.251 e. The Hall–Kier alpha value is -2.58. The number of aliphatic hydroxyl groups excluding tert-OH is 1. The Balaban J connectivity index is 1.82. The van der Waals surface area contributed by atoms with E-state index in [1.165, 1.54) is 0 Å². The number of hydrogen-bond donors (Lipinski definition) is 1. The highest BCUT2D eigenvalue weighted by Crippen LogP contribution is 2.69. The van der Waals surface area contributed by atoms with Crippen LogP contribution in [0.15, 0.2) is 43.5 Å². The van der Waals surface area contributed by atoms with Gasteiger partial charge in [0.15, 0.2) is 0 Å². The molecule has 6 atom stereocenters. The van der Waals surface area contributed by atoms with Crippen LogP contribution in [0.2, 0.25) is 0 Å². The molecule has 3 aliphatic rings. The van der Waals surface area contributed by atoms with Crippen LogP contribution in [-0.4, -0.2) is 81.5 Å². The van der Waals surface area contributed by atoms with E-state index in [0.717, 1.165) is 29.7 Å². The quantitative estimate of drug-likeness (QED) is 0.396. The lowest BCUT2D eigenvalue weighted by molar-refractivity contribution is -0.144. The molecule has 7 nitrogen and oxygen atoms in total. The average molecular weight is 554 g/mol. The third kappa shape index (κ3) is 4.73. The van der Waals surface area contributed by atoms with Crippen LogP contribution in [-0.2, 0) is 14.4 Å². The number of benzene rings is 1. The number of aryl methyl sites for hydroxylation is 2. The van der Waals surface area contributed by atoms with Gasteiger partial charge in [0.05, 0.1) is 16.6 Å².